The van der Waals surface area contributed by atoms with E-state index in [2.05, 4.69) is 50.4 Å². The molecule has 0 bridgehead atoms. The summed E-state index contributed by atoms with van der Waals surface area (Å²) in [6.45, 7) is 10.7. The summed E-state index contributed by atoms with van der Waals surface area (Å²) >= 11 is 0. The first kappa shape index (κ1) is 18.5. The molecule has 0 aliphatic carbocycles. The van der Waals surface area contributed by atoms with Gasteiger partial charge in [0, 0.05) is 17.2 Å². The van der Waals surface area contributed by atoms with E-state index in [-0.39, 0.29) is 0 Å². The Morgan fingerprint density at radius 3 is 1.63 bits per heavy atom. The van der Waals surface area contributed by atoms with Crippen LogP contribution in [0.15, 0.2) is 79.9 Å². The van der Waals surface area contributed by atoms with Crippen molar-refractivity contribution in [1.82, 2.24) is 0 Å². The van der Waals surface area contributed by atoms with Crippen LogP contribution < -0.4 is 9.47 Å². The van der Waals surface area contributed by atoms with Gasteiger partial charge >= 0.3 is 0 Å². The highest BCUT2D eigenvalue weighted by atomic mass is 16.5. The van der Waals surface area contributed by atoms with Crippen LogP contribution in [0.1, 0.15) is 27.8 Å². The van der Waals surface area contributed by atoms with Crippen LogP contribution in [0.25, 0.3) is 11.1 Å². The van der Waals surface area contributed by atoms with Gasteiger partial charge in [0.15, 0.2) is 0 Å². The molecule has 136 valence electrons. The summed E-state index contributed by atoms with van der Waals surface area (Å²) in [4.78, 5) is 0. The van der Waals surface area contributed by atoms with Gasteiger partial charge in [-0.25, -0.2) is 0 Å². The molecule has 3 rings (SSSR count). The molecule has 27 heavy (non-hydrogen) atoms. The fourth-order valence-electron chi connectivity index (χ4n) is 3.08. The number of rotatable bonds is 6. The Balaban J connectivity index is 2.12. The molecule has 0 spiro atoms. The topological polar surface area (TPSA) is 18.5 Å². The van der Waals surface area contributed by atoms with Crippen molar-refractivity contribution < 1.29 is 9.47 Å². The lowest BCUT2D eigenvalue weighted by Crippen LogP contribution is -1.99. The first-order valence-electron chi connectivity index (χ1n) is 8.82. The molecular formula is C25H24O2. The quantitative estimate of drug-likeness (QED) is 0.528. The van der Waals surface area contributed by atoms with Crippen molar-refractivity contribution in [3.8, 4) is 11.5 Å². The first-order valence-corrected chi connectivity index (χ1v) is 8.82. The van der Waals surface area contributed by atoms with Crippen molar-refractivity contribution in [2.45, 2.75) is 6.92 Å². The lowest BCUT2D eigenvalue weighted by atomic mass is 9.92. The van der Waals surface area contributed by atoms with Gasteiger partial charge in [-0.1, -0.05) is 73.3 Å². The predicted octanol–water partition coefficient (Wildman–Crippen LogP) is 6.14. The number of ether oxygens (including phenoxy) is 2. The average Bonchev–Trinajstić information content (AvgIpc) is 2.72. The van der Waals surface area contributed by atoms with Gasteiger partial charge in [0.1, 0.15) is 11.5 Å². The molecule has 0 radical (unpaired) electrons. The highest BCUT2D eigenvalue weighted by Crippen LogP contribution is 2.39. The molecule has 0 fully saturated rings. The maximum absolute atomic E-state index is 5.62. The average molecular weight is 356 g/mol. The molecule has 0 N–H and O–H groups in total. The van der Waals surface area contributed by atoms with Gasteiger partial charge in [0.25, 0.3) is 0 Å². The Bertz CT molecular complexity index is 967. The van der Waals surface area contributed by atoms with Crippen molar-refractivity contribution >= 4 is 11.1 Å². The van der Waals surface area contributed by atoms with E-state index >= 15 is 0 Å². The van der Waals surface area contributed by atoms with Crippen molar-refractivity contribution in [3.63, 3.8) is 0 Å². The lowest BCUT2D eigenvalue weighted by Gasteiger charge is -2.18. The van der Waals surface area contributed by atoms with Crippen molar-refractivity contribution in [2.75, 3.05) is 14.2 Å². The van der Waals surface area contributed by atoms with Crippen LogP contribution in [0.4, 0.5) is 0 Å². The summed E-state index contributed by atoms with van der Waals surface area (Å²) in [5.74, 6) is 1.45. The largest absolute Gasteiger partial charge is 0.496 e. The molecular weight excluding hydrogens is 332 g/mol. The monoisotopic (exact) mass is 356 g/mol. The molecule has 3 aromatic carbocycles. The van der Waals surface area contributed by atoms with Gasteiger partial charge in [-0.15, -0.1) is 0 Å². The minimum absolute atomic E-state index is 0.723. The molecule has 3 aromatic rings. The Labute approximate surface area is 161 Å². The van der Waals surface area contributed by atoms with E-state index in [1.54, 1.807) is 14.2 Å². The van der Waals surface area contributed by atoms with E-state index in [1.807, 2.05) is 36.4 Å². The molecule has 0 aliphatic heterocycles. The third kappa shape index (κ3) is 3.80. The van der Waals surface area contributed by atoms with Crippen LogP contribution in [0.2, 0.25) is 0 Å². The van der Waals surface area contributed by atoms with Gasteiger partial charge in [0.05, 0.1) is 14.2 Å². The number of benzene rings is 3. The second-order valence-corrected chi connectivity index (χ2v) is 6.44. The zero-order valence-corrected chi connectivity index (χ0v) is 16.1. The van der Waals surface area contributed by atoms with E-state index in [9.17, 15) is 0 Å². The molecule has 0 aliphatic rings. The van der Waals surface area contributed by atoms with Crippen molar-refractivity contribution in [2.24, 2.45) is 0 Å². The molecule has 0 saturated heterocycles. The highest BCUT2D eigenvalue weighted by Gasteiger charge is 2.17. The fourth-order valence-corrected chi connectivity index (χ4v) is 3.08. The minimum Gasteiger partial charge on any atom is -0.496 e. The summed E-state index contributed by atoms with van der Waals surface area (Å²) in [5.41, 5.74) is 6.96. The molecule has 0 atom stereocenters. The van der Waals surface area contributed by atoms with Gasteiger partial charge in [-0.3, -0.25) is 0 Å². The fraction of sp³-hybridized carbons (Fsp3) is 0.120. The summed E-state index contributed by atoms with van der Waals surface area (Å²) in [6, 6.07) is 22.4. The maximum Gasteiger partial charge on any atom is 0.130 e. The van der Waals surface area contributed by atoms with Crippen LogP contribution in [0, 0.1) is 6.92 Å². The molecule has 0 heterocycles. The number of aryl methyl sites for hydroxylation is 1. The summed E-state index contributed by atoms with van der Waals surface area (Å²) in [6.07, 6.45) is 0. The Hall–Kier alpha value is -3.26. The summed E-state index contributed by atoms with van der Waals surface area (Å²) in [5, 5.41) is 0. The Kier molecular flexibility index (Phi) is 5.46. The van der Waals surface area contributed by atoms with Crippen LogP contribution >= 0.6 is 0 Å². The first-order chi connectivity index (χ1) is 13.0. The molecule has 0 unspecified atom stereocenters. The van der Waals surface area contributed by atoms with Gasteiger partial charge in [-0.2, -0.15) is 0 Å². The van der Waals surface area contributed by atoms with Crippen LogP contribution in [-0.4, -0.2) is 14.2 Å². The van der Waals surface area contributed by atoms with Crippen molar-refractivity contribution in [1.29, 1.82) is 0 Å². The second kappa shape index (κ2) is 7.96. The van der Waals surface area contributed by atoms with E-state index in [4.69, 9.17) is 9.47 Å². The van der Waals surface area contributed by atoms with Crippen molar-refractivity contribution in [3.05, 3.63) is 108 Å². The third-order valence-corrected chi connectivity index (χ3v) is 4.69. The zero-order chi connectivity index (χ0) is 19.4. The van der Waals surface area contributed by atoms with Crippen LogP contribution in [-0.2, 0) is 0 Å². The number of hydrogen-bond donors (Lipinski definition) is 0. The van der Waals surface area contributed by atoms with Crippen LogP contribution in [0.5, 0.6) is 11.5 Å². The Morgan fingerprint density at radius 1 is 0.667 bits per heavy atom. The molecule has 0 saturated carbocycles. The molecule has 0 amide bonds. The van der Waals surface area contributed by atoms with E-state index in [1.165, 1.54) is 5.56 Å². The molecule has 2 nitrogen and oxygen atoms in total. The number of hydrogen-bond acceptors (Lipinski definition) is 2. The van der Waals surface area contributed by atoms with E-state index in [0.717, 1.165) is 44.9 Å². The SMILES string of the molecule is C=C(c1ccccc1)c1cc(C(=C)c2ccc(C)cc2)c(OC)cc1OC. The standard InChI is InChI=1S/C25H24O2/c1-17-11-13-21(14-12-17)19(3)23-15-22(24(26-4)16-25(23)27-5)18(2)20-9-7-6-8-10-20/h6-16H,2-3H2,1,4-5H3. The predicted molar refractivity (Wildman–Crippen MR) is 113 cm³/mol. The minimum atomic E-state index is 0.723. The maximum atomic E-state index is 5.62. The third-order valence-electron chi connectivity index (χ3n) is 4.69. The van der Waals surface area contributed by atoms with Crippen LogP contribution in [0.3, 0.4) is 0 Å². The summed E-state index contributed by atoms with van der Waals surface area (Å²) < 4.78 is 11.2. The second-order valence-electron chi connectivity index (χ2n) is 6.44. The zero-order valence-electron chi connectivity index (χ0n) is 16.1. The number of methoxy groups -OCH3 is 2. The normalized spacial score (nSPS) is 10.3. The molecule has 0 aromatic heterocycles. The molecule has 2 heteroatoms. The summed E-state index contributed by atoms with van der Waals surface area (Å²) in [7, 11) is 3.32. The highest BCUT2D eigenvalue weighted by molar-refractivity contribution is 5.88. The van der Waals surface area contributed by atoms with Gasteiger partial charge < -0.3 is 9.47 Å². The van der Waals surface area contributed by atoms with E-state index in [0.29, 0.717) is 0 Å². The van der Waals surface area contributed by atoms with E-state index < -0.39 is 0 Å². The Morgan fingerprint density at radius 2 is 1.15 bits per heavy atom. The smallest absolute Gasteiger partial charge is 0.130 e. The van der Waals surface area contributed by atoms with Gasteiger partial charge in [0.2, 0.25) is 0 Å². The lowest BCUT2D eigenvalue weighted by molar-refractivity contribution is 0.393. The van der Waals surface area contributed by atoms with Gasteiger partial charge in [-0.05, 0) is 35.3 Å².